The number of nitrogens with zero attached hydrogens (tertiary/aromatic N) is 1. The van der Waals surface area contributed by atoms with E-state index in [9.17, 15) is 0 Å². The van der Waals surface area contributed by atoms with Crippen LogP contribution in [-0.4, -0.2) is 9.55 Å². The minimum atomic E-state index is 0.410. The Morgan fingerprint density at radius 1 is 1.53 bits per heavy atom. The van der Waals surface area contributed by atoms with E-state index in [0.717, 1.165) is 27.2 Å². The zero-order chi connectivity index (χ0) is 11.0. The third-order valence-corrected chi connectivity index (χ3v) is 3.24. The number of benzene rings is 1. The monoisotopic (exact) mass is 240 g/mol. The molecular formula is C11H13ClN2S. The first-order chi connectivity index (χ1) is 7.13. The van der Waals surface area contributed by atoms with Crippen LogP contribution in [0.15, 0.2) is 18.2 Å². The molecule has 1 aromatic carbocycles. The predicted octanol–water partition coefficient (Wildman–Crippen LogP) is 4.32. The molecule has 2 nitrogen and oxygen atoms in total. The molecule has 0 radical (unpaired) electrons. The molecule has 2 rings (SSSR count). The number of hydrogen-bond acceptors (Lipinski definition) is 1. The summed E-state index contributed by atoms with van der Waals surface area (Å²) >= 11 is 11.2. The van der Waals surface area contributed by atoms with Crippen LogP contribution in [-0.2, 0) is 0 Å². The molecular weight excluding hydrogens is 228 g/mol. The van der Waals surface area contributed by atoms with Crippen molar-refractivity contribution in [3.8, 4) is 0 Å². The molecule has 0 saturated heterocycles. The van der Waals surface area contributed by atoms with Gasteiger partial charge in [-0.2, -0.15) is 0 Å². The van der Waals surface area contributed by atoms with Gasteiger partial charge in [0.15, 0.2) is 4.77 Å². The Balaban J connectivity index is 2.74. The van der Waals surface area contributed by atoms with Gasteiger partial charge in [0.25, 0.3) is 0 Å². The molecule has 4 heteroatoms. The second-order valence-electron chi connectivity index (χ2n) is 3.72. The molecule has 0 spiro atoms. The number of aromatic nitrogens is 2. The summed E-state index contributed by atoms with van der Waals surface area (Å²) in [5.41, 5.74) is 2.13. The maximum atomic E-state index is 5.93. The fourth-order valence-electron chi connectivity index (χ4n) is 1.72. The highest BCUT2D eigenvalue weighted by molar-refractivity contribution is 7.71. The van der Waals surface area contributed by atoms with Gasteiger partial charge in [-0.1, -0.05) is 18.5 Å². The molecule has 1 unspecified atom stereocenters. The van der Waals surface area contributed by atoms with Gasteiger partial charge in [0.2, 0.25) is 0 Å². The smallest absolute Gasteiger partial charge is 0.178 e. The van der Waals surface area contributed by atoms with Gasteiger partial charge < -0.3 is 9.55 Å². The largest absolute Gasteiger partial charge is 0.331 e. The minimum Gasteiger partial charge on any atom is -0.331 e. The predicted molar refractivity (Wildman–Crippen MR) is 67.1 cm³/mol. The number of nitrogens with one attached hydrogen (secondary N) is 1. The van der Waals surface area contributed by atoms with Crippen LogP contribution in [0.4, 0.5) is 0 Å². The van der Waals surface area contributed by atoms with Gasteiger partial charge in [-0.25, -0.2) is 0 Å². The lowest BCUT2D eigenvalue weighted by molar-refractivity contribution is 0.539. The van der Waals surface area contributed by atoms with E-state index >= 15 is 0 Å². The Kier molecular flexibility index (Phi) is 2.85. The number of fused-ring (bicyclic) bond motifs is 1. The van der Waals surface area contributed by atoms with E-state index in [4.69, 9.17) is 23.8 Å². The van der Waals surface area contributed by atoms with E-state index < -0.39 is 0 Å². The number of H-pyrrole nitrogens is 1. The van der Waals surface area contributed by atoms with E-state index in [1.165, 1.54) is 0 Å². The number of imidazole rings is 1. The van der Waals surface area contributed by atoms with E-state index in [2.05, 4.69) is 23.4 Å². The van der Waals surface area contributed by atoms with Crippen LogP contribution in [0.2, 0.25) is 5.02 Å². The van der Waals surface area contributed by atoms with Crippen LogP contribution >= 0.6 is 23.8 Å². The summed E-state index contributed by atoms with van der Waals surface area (Å²) in [7, 11) is 0. The summed E-state index contributed by atoms with van der Waals surface area (Å²) in [5.74, 6) is 0. The Morgan fingerprint density at radius 3 is 2.93 bits per heavy atom. The van der Waals surface area contributed by atoms with Crippen LogP contribution in [0.3, 0.4) is 0 Å². The van der Waals surface area contributed by atoms with Crippen LogP contribution in [0.25, 0.3) is 11.0 Å². The second-order valence-corrected chi connectivity index (χ2v) is 4.54. The molecule has 1 N–H and O–H groups in total. The minimum absolute atomic E-state index is 0.410. The van der Waals surface area contributed by atoms with Crippen LogP contribution < -0.4 is 0 Å². The highest BCUT2D eigenvalue weighted by Gasteiger charge is 2.09. The zero-order valence-corrected chi connectivity index (χ0v) is 10.3. The average Bonchev–Trinajstić information content (AvgIpc) is 2.52. The Hall–Kier alpha value is -0.800. The molecule has 0 amide bonds. The molecule has 0 aliphatic heterocycles. The molecule has 0 saturated carbocycles. The molecule has 1 atom stereocenters. The van der Waals surface area contributed by atoms with Crippen LogP contribution in [0.1, 0.15) is 26.3 Å². The van der Waals surface area contributed by atoms with Crippen molar-refractivity contribution >= 4 is 34.9 Å². The van der Waals surface area contributed by atoms with Crippen molar-refractivity contribution in [3.05, 3.63) is 28.0 Å². The number of aromatic amines is 1. The third kappa shape index (κ3) is 1.82. The van der Waals surface area contributed by atoms with Crippen molar-refractivity contribution in [1.82, 2.24) is 9.55 Å². The van der Waals surface area contributed by atoms with Crippen molar-refractivity contribution < 1.29 is 0 Å². The van der Waals surface area contributed by atoms with E-state index in [1.54, 1.807) is 0 Å². The number of hydrogen-bond donors (Lipinski definition) is 1. The van der Waals surface area contributed by atoms with Crippen molar-refractivity contribution in [3.63, 3.8) is 0 Å². The first-order valence-electron chi connectivity index (χ1n) is 5.03. The van der Waals surface area contributed by atoms with Gasteiger partial charge in [-0.05, 0) is 43.8 Å². The van der Waals surface area contributed by atoms with E-state index in [-0.39, 0.29) is 0 Å². The van der Waals surface area contributed by atoms with Crippen molar-refractivity contribution in [2.75, 3.05) is 0 Å². The summed E-state index contributed by atoms with van der Waals surface area (Å²) in [5, 5.41) is 0.732. The summed E-state index contributed by atoms with van der Waals surface area (Å²) in [6.07, 6.45) is 1.06. The maximum absolute atomic E-state index is 5.93. The normalized spacial score (nSPS) is 13.3. The second kappa shape index (κ2) is 3.99. The van der Waals surface area contributed by atoms with Crippen LogP contribution in [0, 0.1) is 4.77 Å². The fraction of sp³-hybridized carbons (Fsp3) is 0.364. The molecule has 0 fully saturated rings. The van der Waals surface area contributed by atoms with Gasteiger partial charge in [-0.3, -0.25) is 0 Å². The van der Waals surface area contributed by atoms with E-state index in [1.807, 2.05) is 18.2 Å². The highest BCUT2D eigenvalue weighted by atomic mass is 35.5. The molecule has 0 aliphatic carbocycles. The van der Waals surface area contributed by atoms with Crippen molar-refractivity contribution in [2.45, 2.75) is 26.3 Å². The van der Waals surface area contributed by atoms with Gasteiger partial charge >= 0.3 is 0 Å². The van der Waals surface area contributed by atoms with Crippen molar-refractivity contribution in [2.24, 2.45) is 0 Å². The quantitative estimate of drug-likeness (QED) is 0.776. The Bertz CT molecular complexity index is 541. The van der Waals surface area contributed by atoms with Gasteiger partial charge in [0.1, 0.15) is 0 Å². The lowest BCUT2D eigenvalue weighted by Gasteiger charge is -2.11. The maximum Gasteiger partial charge on any atom is 0.178 e. The topological polar surface area (TPSA) is 20.7 Å². The summed E-state index contributed by atoms with van der Waals surface area (Å²) in [6.45, 7) is 4.32. The fourth-order valence-corrected chi connectivity index (χ4v) is 2.28. The van der Waals surface area contributed by atoms with Gasteiger partial charge in [0, 0.05) is 11.1 Å². The van der Waals surface area contributed by atoms with Gasteiger partial charge in [0.05, 0.1) is 11.0 Å². The molecule has 1 aromatic heterocycles. The number of halogens is 1. The molecule has 0 bridgehead atoms. The lowest BCUT2D eigenvalue weighted by Crippen LogP contribution is -2.03. The Morgan fingerprint density at radius 2 is 2.27 bits per heavy atom. The molecule has 1 heterocycles. The molecule has 80 valence electrons. The average molecular weight is 241 g/mol. The summed E-state index contributed by atoms with van der Waals surface area (Å²) in [6, 6.07) is 6.22. The lowest BCUT2D eigenvalue weighted by atomic mass is 10.2. The molecule has 2 aromatic rings. The first kappa shape index (κ1) is 10.7. The van der Waals surface area contributed by atoms with Gasteiger partial charge in [-0.15, -0.1) is 0 Å². The highest BCUT2D eigenvalue weighted by Crippen LogP contribution is 2.23. The van der Waals surface area contributed by atoms with Crippen molar-refractivity contribution in [1.29, 1.82) is 0 Å². The van der Waals surface area contributed by atoms with Crippen LogP contribution in [0.5, 0.6) is 0 Å². The third-order valence-electron chi connectivity index (χ3n) is 2.71. The standard InChI is InChI=1S/C11H13ClN2S/c1-3-7(2)14-10-5-4-8(12)6-9(10)13-11(14)15/h4-7H,3H2,1-2H3,(H,13,15). The Labute approximate surface area is 98.9 Å². The molecule has 0 aliphatic rings. The first-order valence-corrected chi connectivity index (χ1v) is 5.82. The SMILES string of the molecule is CCC(C)n1c(=S)[nH]c2cc(Cl)ccc21. The zero-order valence-electron chi connectivity index (χ0n) is 8.75. The summed E-state index contributed by atoms with van der Waals surface area (Å²) < 4.78 is 2.91. The van der Waals surface area contributed by atoms with E-state index in [0.29, 0.717) is 6.04 Å². The number of rotatable bonds is 2. The molecule has 15 heavy (non-hydrogen) atoms. The summed E-state index contributed by atoms with van der Waals surface area (Å²) in [4.78, 5) is 3.18.